The first kappa shape index (κ1) is 13.3. The molecular weight excluding hydrogens is 246 g/mol. The minimum absolute atomic E-state index is 0.108. The van der Waals surface area contributed by atoms with E-state index in [-0.39, 0.29) is 22.9 Å². The van der Waals surface area contributed by atoms with Crippen molar-refractivity contribution in [3.8, 4) is 11.8 Å². The third-order valence-corrected chi connectivity index (χ3v) is 2.26. The van der Waals surface area contributed by atoms with Gasteiger partial charge < -0.3 is 14.6 Å². The number of hydrogen-bond donors (Lipinski definition) is 1. The van der Waals surface area contributed by atoms with Crippen molar-refractivity contribution in [2.24, 2.45) is 0 Å². The summed E-state index contributed by atoms with van der Waals surface area (Å²) in [4.78, 5) is 10.9. The van der Waals surface area contributed by atoms with Crippen LogP contribution >= 0.6 is 11.6 Å². The first-order valence-electron chi connectivity index (χ1n) is 4.67. The number of ether oxygens (including phenoxy) is 2. The molecule has 0 aliphatic carbocycles. The Hall–Kier alpha value is -1.77. The van der Waals surface area contributed by atoms with Gasteiger partial charge in [0.25, 0.3) is 0 Å². The molecule has 0 saturated carbocycles. The molecule has 0 spiro atoms. The van der Waals surface area contributed by atoms with Crippen LogP contribution in [-0.4, -0.2) is 30.9 Å². The van der Waals surface area contributed by atoms with E-state index in [2.05, 4.69) is 0 Å². The molecule has 0 aromatic heterocycles. The molecule has 1 unspecified atom stereocenters. The highest BCUT2D eigenvalue weighted by Crippen LogP contribution is 2.26. The molecular formula is C11H10ClNO4. The van der Waals surface area contributed by atoms with Gasteiger partial charge in [-0.2, -0.15) is 5.26 Å². The molecule has 90 valence electrons. The summed E-state index contributed by atoms with van der Waals surface area (Å²) in [6.07, 6.45) is -1.18. The minimum Gasteiger partial charge on any atom is -0.478 e. The molecule has 0 amide bonds. The van der Waals surface area contributed by atoms with Gasteiger partial charge in [0, 0.05) is 7.11 Å². The van der Waals surface area contributed by atoms with Crippen LogP contribution in [-0.2, 0) is 9.53 Å². The van der Waals surface area contributed by atoms with Crippen LogP contribution in [0.25, 0.3) is 0 Å². The topological polar surface area (TPSA) is 79.5 Å². The summed E-state index contributed by atoms with van der Waals surface area (Å²) in [5.74, 6) is -1.04. The number of nitriles is 1. The van der Waals surface area contributed by atoms with Crippen molar-refractivity contribution in [3.05, 3.63) is 28.8 Å². The van der Waals surface area contributed by atoms with E-state index in [1.54, 1.807) is 6.07 Å². The average Bonchev–Trinajstić information content (AvgIpc) is 2.28. The second kappa shape index (κ2) is 6.09. The number of hydrogen-bond acceptors (Lipinski definition) is 4. The van der Waals surface area contributed by atoms with Gasteiger partial charge in [0.2, 0.25) is 6.10 Å². The fraction of sp³-hybridized carbons (Fsp3) is 0.273. The van der Waals surface area contributed by atoms with Crippen molar-refractivity contribution >= 4 is 17.6 Å². The van der Waals surface area contributed by atoms with Crippen LogP contribution in [0, 0.1) is 11.3 Å². The molecule has 1 aromatic rings. The number of benzene rings is 1. The zero-order valence-corrected chi connectivity index (χ0v) is 9.77. The largest absolute Gasteiger partial charge is 0.478 e. The maximum atomic E-state index is 10.9. The zero-order chi connectivity index (χ0) is 12.8. The highest BCUT2D eigenvalue weighted by Gasteiger charge is 2.21. The van der Waals surface area contributed by atoms with Crippen LogP contribution < -0.4 is 4.74 Å². The first-order chi connectivity index (χ1) is 8.10. The molecule has 0 saturated heterocycles. The summed E-state index contributed by atoms with van der Waals surface area (Å²) in [7, 11) is 1.36. The van der Waals surface area contributed by atoms with Gasteiger partial charge in [-0.05, 0) is 12.1 Å². The van der Waals surface area contributed by atoms with E-state index in [9.17, 15) is 4.79 Å². The van der Waals surface area contributed by atoms with Gasteiger partial charge in [0.1, 0.15) is 17.4 Å². The summed E-state index contributed by atoms with van der Waals surface area (Å²) in [6, 6.07) is 6.44. The fourth-order valence-corrected chi connectivity index (χ4v) is 1.38. The number of carboxylic acids is 1. The Bertz CT molecular complexity index is 455. The monoisotopic (exact) mass is 255 g/mol. The van der Waals surface area contributed by atoms with Crippen LogP contribution in [0.2, 0.25) is 5.02 Å². The molecule has 0 aliphatic heterocycles. The number of carboxylic acid groups (broad SMARTS) is 1. The SMILES string of the molecule is COCC(Oc1cccc(Cl)c1C#N)C(=O)O. The molecule has 6 heteroatoms. The predicted molar refractivity (Wildman–Crippen MR) is 60.1 cm³/mol. The maximum Gasteiger partial charge on any atom is 0.347 e. The summed E-state index contributed by atoms with van der Waals surface area (Å²) in [6.45, 7) is -0.118. The van der Waals surface area contributed by atoms with E-state index in [4.69, 9.17) is 31.4 Å². The molecule has 1 rings (SSSR count). The molecule has 5 nitrogen and oxygen atoms in total. The number of nitrogens with zero attached hydrogens (tertiary/aromatic N) is 1. The lowest BCUT2D eigenvalue weighted by molar-refractivity contribution is -0.147. The Morgan fingerprint density at radius 2 is 2.35 bits per heavy atom. The van der Waals surface area contributed by atoms with E-state index in [1.165, 1.54) is 19.2 Å². The molecule has 1 aromatic carbocycles. The molecule has 0 fully saturated rings. The van der Waals surface area contributed by atoms with Gasteiger partial charge in [-0.3, -0.25) is 0 Å². The number of methoxy groups -OCH3 is 1. The number of carbonyl (C=O) groups is 1. The number of aliphatic carboxylic acids is 1. The van der Waals surface area contributed by atoms with E-state index >= 15 is 0 Å². The lowest BCUT2D eigenvalue weighted by Gasteiger charge is -2.15. The zero-order valence-electron chi connectivity index (χ0n) is 9.01. The Morgan fingerprint density at radius 1 is 1.65 bits per heavy atom. The highest BCUT2D eigenvalue weighted by molar-refractivity contribution is 6.31. The van der Waals surface area contributed by atoms with Gasteiger partial charge >= 0.3 is 5.97 Å². The molecule has 0 heterocycles. The maximum absolute atomic E-state index is 10.9. The van der Waals surface area contributed by atoms with Crippen molar-refractivity contribution < 1.29 is 19.4 Å². The van der Waals surface area contributed by atoms with Gasteiger partial charge in [-0.15, -0.1) is 0 Å². The van der Waals surface area contributed by atoms with Crippen LogP contribution in [0.3, 0.4) is 0 Å². The third kappa shape index (κ3) is 3.34. The van der Waals surface area contributed by atoms with Crippen molar-refractivity contribution in [1.82, 2.24) is 0 Å². The molecule has 0 radical (unpaired) electrons. The lowest BCUT2D eigenvalue weighted by Crippen LogP contribution is -2.31. The Kier molecular flexibility index (Phi) is 4.76. The van der Waals surface area contributed by atoms with E-state index in [1.807, 2.05) is 6.07 Å². The summed E-state index contributed by atoms with van der Waals surface area (Å²) < 4.78 is 9.91. The van der Waals surface area contributed by atoms with Crippen molar-refractivity contribution in [1.29, 1.82) is 5.26 Å². The standard InChI is InChI=1S/C11H10ClNO4/c1-16-6-10(11(14)15)17-9-4-2-3-8(12)7(9)5-13/h2-4,10H,6H2,1H3,(H,14,15). The molecule has 1 atom stereocenters. The second-order valence-electron chi connectivity index (χ2n) is 3.12. The van der Waals surface area contributed by atoms with Gasteiger partial charge in [-0.1, -0.05) is 17.7 Å². The van der Waals surface area contributed by atoms with Crippen LogP contribution in [0.1, 0.15) is 5.56 Å². The van der Waals surface area contributed by atoms with E-state index < -0.39 is 12.1 Å². The van der Waals surface area contributed by atoms with Crippen LogP contribution in [0.15, 0.2) is 18.2 Å². The lowest BCUT2D eigenvalue weighted by atomic mass is 10.2. The first-order valence-corrected chi connectivity index (χ1v) is 5.05. The average molecular weight is 256 g/mol. The highest BCUT2D eigenvalue weighted by atomic mass is 35.5. The summed E-state index contributed by atoms with van der Waals surface area (Å²) in [5, 5.41) is 18.0. The van der Waals surface area contributed by atoms with Crippen LogP contribution in [0.5, 0.6) is 5.75 Å². The minimum atomic E-state index is -1.18. The Morgan fingerprint density at radius 3 is 2.88 bits per heavy atom. The normalized spacial score (nSPS) is 11.6. The third-order valence-electron chi connectivity index (χ3n) is 1.95. The smallest absolute Gasteiger partial charge is 0.347 e. The van der Waals surface area contributed by atoms with Crippen molar-refractivity contribution in [3.63, 3.8) is 0 Å². The Labute approximate surface area is 103 Å². The van der Waals surface area contributed by atoms with Gasteiger partial charge in [0.15, 0.2) is 0 Å². The number of rotatable bonds is 5. The molecule has 1 N–H and O–H groups in total. The molecule has 0 bridgehead atoms. The van der Waals surface area contributed by atoms with Gasteiger partial charge in [-0.25, -0.2) is 4.79 Å². The van der Waals surface area contributed by atoms with E-state index in [0.29, 0.717) is 0 Å². The Balaban J connectivity index is 2.97. The number of halogens is 1. The van der Waals surface area contributed by atoms with E-state index in [0.717, 1.165) is 0 Å². The van der Waals surface area contributed by atoms with Gasteiger partial charge in [0.05, 0.1) is 11.6 Å². The van der Waals surface area contributed by atoms with Crippen molar-refractivity contribution in [2.75, 3.05) is 13.7 Å². The van der Waals surface area contributed by atoms with Crippen LogP contribution in [0.4, 0.5) is 0 Å². The van der Waals surface area contributed by atoms with Crippen molar-refractivity contribution in [2.45, 2.75) is 6.10 Å². The second-order valence-corrected chi connectivity index (χ2v) is 3.53. The predicted octanol–water partition coefficient (Wildman–Crippen LogP) is 1.69. The summed E-state index contributed by atoms with van der Waals surface area (Å²) >= 11 is 5.79. The summed E-state index contributed by atoms with van der Waals surface area (Å²) in [5.41, 5.74) is 0.108. The molecule has 0 aliphatic rings. The molecule has 17 heavy (non-hydrogen) atoms. The fourth-order valence-electron chi connectivity index (χ4n) is 1.17. The quantitative estimate of drug-likeness (QED) is 0.866.